The van der Waals surface area contributed by atoms with E-state index in [1.165, 1.54) is 11.2 Å². The molecule has 150 valence electrons. The summed E-state index contributed by atoms with van der Waals surface area (Å²) in [5.41, 5.74) is 2.20. The zero-order valence-corrected chi connectivity index (χ0v) is 19.6. The molecule has 0 aliphatic rings. The van der Waals surface area contributed by atoms with Crippen LogP contribution in [0.25, 0.3) is 5.69 Å². The van der Waals surface area contributed by atoms with E-state index in [4.69, 9.17) is 4.99 Å². The lowest BCUT2D eigenvalue weighted by molar-refractivity contribution is 0.518. The predicted molar refractivity (Wildman–Crippen MR) is 127 cm³/mol. The van der Waals surface area contributed by atoms with Crippen LogP contribution in [-0.2, 0) is 12.0 Å². The van der Waals surface area contributed by atoms with Crippen molar-refractivity contribution in [2.45, 2.75) is 32.7 Å². The summed E-state index contributed by atoms with van der Waals surface area (Å²) in [5, 5.41) is 13.1. The molecule has 0 saturated heterocycles. The first-order valence-corrected chi connectivity index (χ1v) is 9.96. The van der Waals surface area contributed by atoms with Crippen LogP contribution >= 0.6 is 35.3 Å². The fourth-order valence-corrected chi connectivity index (χ4v) is 3.52. The Morgan fingerprint density at radius 3 is 2.57 bits per heavy atom. The third kappa shape index (κ3) is 6.03. The Hall–Kier alpha value is -1.94. The Balaban J connectivity index is 0.00000280. The summed E-state index contributed by atoms with van der Waals surface area (Å²) in [6.07, 6.45) is 3.22. The first kappa shape index (κ1) is 22.4. The SMILES string of the molecule is CCNC(=NCc1ccc(-n2cncn2)cc1)NCC(C)(C)c1cccs1.I. The molecule has 1 aromatic carbocycles. The van der Waals surface area contributed by atoms with Gasteiger partial charge in [0.2, 0.25) is 0 Å². The van der Waals surface area contributed by atoms with Crippen LogP contribution in [0.15, 0.2) is 59.4 Å². The van der Waals surface area contributed by atoms with E-state index in [1.54, 1.807) is 22.3 Å². The monoisotopic (exact) mass is 510 g/mol. The lowest BCUT2D eigenvalue weighted by Gasteiger charge is -2.25. The lowest BCUT2D eigenvalue weighted by atomic mass is 9.91. The Kier molecular flexibility index (Phi) is 8.43. The molecule has 0 unspecified atom stereocenters. The second kappa shape index (κ2) is 10.6. The number of benzene rings is 1. The topological polar surface area (TPSA) is 67.1 Å². The van der Waals surface area contributed by atoms with Crippen molar-refractivity contribution in [1.82, 2.24) is 25.4 Å². The highest BCUT2D eigenvalue weighted by Crippen LogP contribution is 2.26. The first-order chi connectivity index (χ1) is 13.1. The largest absolute Gasteiger partial charge is 0.357 e. The standard InChI is InChI=1S/C20H26N6S.HI/c1-4-22-19(24-13-20(2,3)18-6-5-11-27-18)23-12-16-7-9-17(10-8-16)26-15-21-14-25-26;/h5-11,14-15H,4,12-13H2,1-3H3,(H2,22,23,24);1H. The highest BCUT2D eigenvalue weighted by molar-refractivity contribution is 14.0. The minimum atomic E-state index is 0. The van der Waals surface area contributed by atoms with Gasteiger partial charge >= 0.3 is 0 Å². The fourth-order valence-electron chi connectivity index (χ4n) is 2.66. The summed E-state index contributed by atoms with van der Waals surface area (Å²) >= 11 is 1.79. The molecular weight excluding hydrogens is 483 g/mol. The van der Waals surface area contributed by atoms with Gasteiger partial charge in [0.1, 0.15) is 12.7 Å². The average Bonchev–Trinajstić information content (AvgIpc) is 3.39. The molecule has 8 heteroatoms. The van der Waals surface area contributed by atoms with E-state index in [9.17, 15) is 0 Å². The number of nitrogens with one attached hydrogen (secondary N) is 2. The molecule has 2 heterocycles. The molecule has 0 radical (unpaired) electrons. The van der Waals surface area contributed by atoms with E-state index in [2.05, 4.69) is 71.1 Å². The summed E-state index contributed by atoms with van der Waals surface area (Å²) in [5.74, 6) is 0.836. The van der Waals surface area contributed by atoms with Gasteiger partial charge in [-0.3, -0.25) is 0 Å². The van der Waals surface area contributed by atoms with E-state index in [0.717, 1.165) is 30.3 Å². The molecule has 0 bridgehead atoms. The molecule has 3 rings (SSSR count). The van der Waals surface area contributed by atoms with Crippen LogP contribution in [-0.4, -0.2) is 33.8 Å². The highest BCUT2D eigenvalue weighted by atomic mass is 127. The van der Waals surface area contributed by atoms with Gasteiger partial charge in [-0.25, -0.2) is 14.7 Å². The molecule has 2 N–H and O–H groups in total. The molecule has 3 aromatic rings. The first-order valence-electron chi connectivity index (χ1n) is 9.08. The van der Waals surface area contributed by atoms with Crippen molar-refractivity contribution in [1.29, 1.82) is 0 Å². The molecule has 2 aromatic heterocycles. The van der Waals surface area contributed by atoms with E-state index < -0.39 is 0 Å². The Morgan fingerprint density at radius 1 is 1.18 bits per heavy atom. The molecule has 28 heavy (non-hydrogen) atoms. The molecule has 0 fully saturated rings. The van der Waals surface area contributed by atoms with Gasteiger partial charge in [0.25, 0.3) is 0 Å². The fraction of sp³-hybridized carbons (Fsp3) is 0.350. The number of aliphatic imine (C=N–C) groups is 1. The molecule has 0 aliphatic carbocycles. The van der Waals surface area contributed by atoms with E-state index in [-0.39, 0.29) is 29.4 Å². The molecule has 0 atom stereocenters. The average molecular weight is 510 g/mol. The van der Waals surface area contributed by atoms with Crippen molar-refractivity contribution in [2.24, 2.45) is 4.99 Å². The molecule has 0 amide bonds. The Morgan fingerprint density at radius 2 is 1.96 bits per heavy atom. The zero-order valence-electron chi connectivity index (χ0n) is 16.4. The number of rotatable bonds is 7. The summed E-state index contributed by atoms with van der Waals surface area (Å²) in [6, 6.07) is 12.5. The maximum Gasteiger partial charge on any atom is 0.191 e. The minimum absolute atomic E-state index is 0. The zero-order chi connectivity index (χ0) is 19.1. The maximum absolute atomic E-state index is 4.72. The number of hydrogen-bond donors (Lipinski definition) is 2. The van der Waals surface area contributed by atoms with Gasteiger partial charge in [-0.05, 0) is 36.1 Å². The number of aromatic nitrogens is 3. The molecule has 0 aliphatic heterocycles. The van der Waals surface area contributed by atoms with Crippen molar-refractivity contribution in [3.8, 4) is 5.69 Å². The van der Waals surface area contributed by atoms with Crippen molar-refractivity contribution in [3.63, 3.8) is 0 Å². The normalized spacial score (nSPS) is 11.8. The Bertz CT molecular complexity index is 841. The van der Waals surface area contributed by atoms with Gasteiger partial charge in [-0.15, -0.1) is 35.3 Å². The van der Waals surface area contributed by atoms with Crippen molar-refractivity contribution in [3.05, 3.63) is 64.9 Å². The van der Waals surface area contributed by atoms with Gasteiger partial charge < -0.3 is 10.6 Å². The summed E-state index contributed by atoms with van der Waals surface area (Å²) in [7, 11) is 0. The Labute approximate surface area is 187 Å². The number of halogens is 1. The van der Waals surface area contributed by atoms with Crippen LogP contribution in [0.4, 0.5) is 0 Å². The number of guanidine groups is 1. The number of thiophene rings is 1. The van der Waals surface area contributed by atoms with Crippen LogP contribution in [0.5, 0.6) is 0 Å². The van der Waals surface area contributed by atoms with Crippen molar-refractivity contribution < 1.29 is 0 Å². The van der Waals surface area contributed by atoms with Crippen molar-refractivity contribution in [2.75, 3.05) is 13.1 Å². The molecule has 6 nitrogen and oxygen atoms in total. The summed E-state index contributed by atoms with van der Waals surface area (Å²) in [6.45, 7) is 8.85. The number of hydrogen-bond acceptors (Lipinski definition) is 4. The van der Waals surface area contributed by atoms with Crippen LogP contribution in [0, 0.1) is 0 Å². The predicted octanol–water partition coefficient (Wildman–Crippen LogP) is 3.98. The van der Waals surface area contributed by atoms with Crippen LogP contribution in [0.3, 0.4) is 0 Å². The van der Waals surface area contributed by atoms with Gasteiger partial charge in [0.05, 0.1) is 12.2 Å². The van der Waals surface area contributed by atoms with Crippen LogP contribution in [0.2, 0.25) is 0 Å². The van der Waals surface area contributed by atoms with Gasteiger partial charge in [-0.2, -0.15) is 5.10 Å². The maximum atomic E-state index is 4.72. The van der Waals surface area contributed by atoms with E-state index in [1.807, 2.05) is 12.1 Å². The summed E-state index contributed by atoms with van der Waals surface area (Å²) < 4.78 is 1.74. The molecule has 0 saturated carbocycles. The molecular formula is C20H27IN6S. The summed E-state index contributed by atoms with van der Waals surface area (Å²) in [4.78, 5) is 10.1. The van der Waals surface area contributed by atoms with Crippen LogP contribution in [0.1, 0.15) is 31.2 Å². The third-order valence-electron chi connectivity index (χ3n) is 4.27. The lowest BCUT2D eigenvalue weighted by Crippen LogP contribution is -2.43. The third-order valence-corrected chi connectivity index (χ3v) is 5.51. The highest BCUT2D eigenvalue weighted by Gasteiger charge is 2.21. The second-order valence-corrected chi connectivity index (χ2v) is 7.86. The smallest absolute Gasteiger partial charge is 0.191 e. The van der Waals surface area contributed by atoms with Gasteiger partial charge in [-0.1, -0.05) is 32.0 Å². The van der Waals surface area contributed by atoms with E-state index in [0.29, 0.717) is 6.54 Å². The minimum Gasteiger partial charge on any atom is -0.357 e. The van der Waals surface area contributed by atoms with Gasteiger partial charge in [0, 0.05) is 23.4 Å². The number of nitrogens with zero attached hydrogens (tertiary/aromatic N) is 4. The van der Waals surface area contributed by atoms with Crippen LogP contribution < -0.4 is 10.6 Å². The van der Waals surface area contributed by atoms with Crippen molar-refractivity contribution >= 4 is 41.3 Å². The second-order valence-electron chi connectivity index (χ2n) is 6.92. The van der Waals surface area contributed by atoms with Gasteiger partial charge in [0.15, 0.2) is 5.96 Å². The molecule has 0 spiro atoms. The quantitative estimate of drug-likeness (QED) is 0.287. The van der Waals surface area contributed by atoms with E-state index >= 15 is 0 Å².